The van der Waals surface area contributed by atoms with Crippen LogP contribution in [0.15, 0.2) is 24.3 Å². The summed E-state index contributed by atoms with van der Waals surface area (Å²) in [4.78, 5) is 0. The molecule has 0 spiro atoms. The van der Waals surface area contributed by atoms with Crippen LogP contribution in [0, 0.1) is 5.92 Å². The molecule has 92 valence electrons. The van der Waals surface area contributed by atoms with Gasteiger partial charge in [-0.15, -0.1) is 0 Å². The molecule has 1 aromatic rings. The van der Waals surface area contributed by atoms with Gasteiger partial charge < -0.3 is 11.1 Å². The van der Waals surface area contributed by atoms with E-state index in [0.29, 0.717) is 5.41 Å². The molecule has 0 saturated heterocycles. The Balaban J connectivity index is 1.51. The molecule has 2 nitrogen and oxygen atoms in total. The normalized spacial score (nSPS) is 21.4. The summed E-state index contributed by atoms with van der Waals surface area (Å²) in [5, 5.41) is 3.64. The van der Waals surface area contributed by atoms with E-state index in [-0.39, 0.29) is 0 Å². The minimum Gasteiger partial charge on any atom is -0.399 e. The van der Waals surface area contributed by atoms with E-state index in [1.807, 2.05) is 12.1 Å². The fourth-order valence-corrected chi connectivity index (χ4v) is 2.60. The molecule has 2 saturated carbocycles. The first-order valence-electron chi connectivity index (χ1n) is 6.85. The van der Waals surface area contributed by atoms with Crippen LogP contribution in [0.25, 0.3) is 0 Å². The van der Waals surface area contributed by atoms with Gasteiger partial charge in [-0.3, -0.25) is 0 Å². The summed E-state index contributed by atoms with van der Waals surface area (Å²) in [7, 11) is 0. The predicted octanol–water partition coefficient (Wildman–Crippen LogP) is 2.69. The van der Waals surface area contributed by atoms with Gasteiger partial charge in [0.05, 0.1) is 0 Å². The summed E-state index contributed by atoms with van der Waals surface area (Å²) in [5.74, 6) is 1.04. The van der Waals surface area contributed by atoms with E-state index >= 15 is 0 Å². The zero-order chi connectivity index (χ0) is 11.7. The number of anilines is 1. The molecule has 0 amide bonds. The van der Waals surface area contributed by atoms with Gasteiger partial charge in [0.2, 0.25) is 0 Å². The van der Waals surface area contributed by atoms with Gasteiger partial charge in [0.15, 0.2) is 0 Å². The molecule has 2 heteroatoms. The van der Waals surface area contributed by atoms with Crippen molar-refractivity contribution in [2.75, 3.05) is 18.8 Å². The first-order valence-corrected chi connectivity index (χ1v) is 6.85. The van der Waals surface area contributed by atoms with Crippen molar-refractivity contribution in [2.24, 2.45) is 5.92 Å². The maximum Gasteiger partial charge on any atom is 0.0314 e. The van der Waals surface area contributed by atoms with Crippen molar-refractivity contribution in [3.05, 3.63) is 29.8 Å². The summed E-state index contributed by atoms with van der Waals surface area (Å²) in [6.07, 6.45) is 6.95. The highest BCUT2D eigenvalue weighted by Gasteiger charge is 2.43. The highest BCUT2D eigenvalue weighted by Crippen LogP contribution is 2.47. The maximum atomic E-state index is 5.74. The van der Waals surface area contributed by atoms with E-state index < -0.39 is 0 Å². The van der Waals surface area contributed by atoms with Crippen LogP contribution in [-0.2, 0) is 5.41 Å². The van der Waals surface area contributed by atoms with Gasteiger partial charge in [-0.25, -0.2) is 0 Å². The average molecular weight is 230 g/mol. The molecule has 0 unspecified atom stereocenters. The zero-order valence-electron chi connectivity index (χ0n) is 10.4. The Labute approximate surface area is 104 Å². The van der Waals surface area contributed by atoms with E-state index in [2.05, 4.69) is 17.4 Å². The zero-order valence-corrected chi connectivity index (χ0v) is 10.4. The summed E-state index contributed by atoms with van der Waals surface area (Å²) in [6, 6.07) is 8.45. The highest BCUT2D eigenvalue weighted by molar-refractivity contribution is 5.43. The van der Waals surface area contributed by atoms with Crippen molar-refractivity contribution in [1.82, 2.24) is 5.32 Å². The summed E-state index contributed by atoms with van der Waals surface area (Å²) < 4.78 is 0. The van der Waals surface area contributed by atoms with Crippen molar-refractivity contribution < 1.29 is 0 Å². The number of hydrogen-bond donors (Lipinski definition) is 2. The minimum absolute atomic E-state index is 0.428. The summed E-state index contributed by atoms with van der Waals surface area (Å²) in [6.45, 7) is 2.34. The molecular formula is C15H22N2. The Hall–Kier alpha value is -1.02. The van der Waals surface area contributed by atoms with Crippen molar-refractivity contribution in [2.45, 2.75) is 37.5 Å². The van der Waals surface area contributed by atoms with Crippen LogP contribution in [-0.4, -0.2) is 13.1 Å². The standard InChI is InChI=1S/C15H22N2/c16-14-5-3-13(4-6-14)15(8-9-15)11-17-10-7-12-1-2-12/h3-6,12,17H,1-2,7-11,16H2. The van der Waals surface area contributed by atoms with Gasteiger partial charge >= 0.3 is 0 Å². The quantitative estimate of drug-likeness (QED) is 0.582. The van der Waals surface area contributed by atoms with E-state index in [1.165, 1.54) is 44.2 Å². The summed E-state index contributed by atoms with van der Waals surface area (Å²) in [5.41, 5.74) is 8.49. The third kappa shape index (κ3) is 2.63. The Morgan fingerprint density at radius 2 is 1.88 bits per heavy atom. The van der Waals surface area contributed by atoms with Gasteiger partial charge in [-0.05, 0) is 49.4 Å². The number of nitrogens with two attached hydrogens (primary N) is 1. The van der Waals surface area contributed by atoms with Crippen molar-refractivity contribution in [1.29, 1.82) is 0 Å². The van der Waals surface area contributed by atoms with Crippen LogP contribution in [0.5, 0.6) is 0 Å². The molecular weight excluding hydrogens is 208 g/mol. The highest BCUT2D eigenvalue weighted by atomic mass is 14.9. The maximum absolute atomic E-state index is 5.74. The second kappa shape index (κ2) is 4.34. The molecule has 2 fully saturated rings. The number of hydrogen-bond acceptors (Lipinski definition) is 2. The van der Waals surface area contributed by atoms with Gasteiger partial charge in [0, 0.05) is 17.6 Å². The van der Waals surface area contributed by atoms with Crippen molar-refractivity contribution in [3.8, 4) is 0 Å². The third-order valence-corrected chi connectivity index (χ3v) is 4.27. The SMILES string of the molecule is Nc1ccc(C2(CNCCC3CC3)CC2)cc1. The Morgan fingerprint density at radius 1 is 1.18 bits per heavy atom. The Bertz CT molecular complexity index is 374. The Morgan fingerprint density at radius 3 is 2.47 bits per heavy atom. The number of benzene rings is 1. The molecule has 0 heterocycles. The molecule has 0 bridgehead atoms. The van der Waals surface area contributed by atoms with E-state index in [0.717, 1.165) is 18.2 Å². The van der Waals surface area contributed by atoms with Crippen LogP contribution in [0.3, 0.4) is 0 Å². The lowest BCUT2D eigenvalue weighted by Crippen LogP contribution is -2.27. The molecule has 1 aromatic carbocycles. The van der Waals surface area contributed by atoms with Crippen LogP contribution >= 0.6 is 0 Å². The molecule has 2 aliphatic rings. The number of nitrogens with one attached hydrogen (secondary N) is 1. The lowest BCUT2D eigenvalue weighted by Gasteiger charge is -2.16. The second-order valence-electron chi connectivity index (χ2n) is 5.81. The molecule has 0 atom stereocenters. The molecule has 2 aliphatic carbocycles. The fraction of sp³-hybridized carbons (Fsp3) is 0.600. The van der Waals surface area contributed by atoms with Gasteiger partial charge in [-0.1, -0.05) is 25.0 Å². The average Bonchev–Trinajstić information content (AvgIpc) is 3.22. The number of rotatable bonds is 6. The van der Waals surface area contributed by atoms with Crippen LogP contribution < -0.4 is 11.1 Å². The first kappa shape index (κ1) is 11.1. The predicted molar refractivity (Wildman–Crippen MR) is 72.0 cm³/mol. The molecule has 3 N–H and O–H groups in total. The summed E-state index contributed by atoms with van der Waals surface area (Å²) >= 11 is 0. The van der Waals surface area contributed by atoms with Crippen LogP contribution in [0.4, 0.5) is 5.69 Å². The molecule has 3 rings (SSSR count). The van der Waals surface area contributed by atoms with E-state index in [9.17, 15) is 0 Å². The third-order valence-electron chi connectivity index (χ3n) is 4.27. The van der Waals surface area contributed by atoms with Crippen molar-refractivity contribution >= 4 is 5.69 Å². The first-order chi connectivity index (χ1) is 8.28. The largest absolute Gasteiger partial charge is 0.399 e. The second-order valence-corrected chi connectivity index (χ2v) is 5.81. The van der Waals surface area contributed by atoms with Crippen LogP contribution in [0.2, 0.25) is 0 Å². The fourth-order valence-electron chi connectivity index (χ4n) is 2.60. The monoisotopic (exact) mass is 230 g/mol. The molecule has 0 radical (unpaired) electrons. The molecule has 0 aliphatic heterocycles. The van der Waals surface area contributed by atoms with E-state index in [1.54, 1.807) is 0 Å². The molecule has 17 heavy (non-hydrogen) atoms. The Kier molecular flexibility index (Phi) is 2.83. The topological polar surface area (TPSA) is 38.0 Å². The molecule has 0 aromatic heterocycles. The van der Waals surface area contributed by atoms with Gasteiger partial charge in [0.25, 0.3) is 0 Å². The van der Waals surface area contributed by atoms with Gasteiger partial charge in [0.1, 0.15) is 0 Å². The number of nitrogen functional groups attached to an aromatic ring is 1. The van der Waals surface area contributed by atoms with Crippen LogP contribution in [0.1, 0.15) is 37.7 Å². The lowest BCUT2D eigenvalue weighted by atomic mass is 9.95. The van der Waals surface area contributed by atoms with Gasteiger partial charge in [-0.2, -0.15) is 0 Å². The van der Waals surface area contributed by atoms with E-state index in [4.69, 9.17) is 5.73 Å². The smallest absolute Gasteiger partial charge is 0.0314 e. The lowest BCUT2D eigenvalue weighted by molar-refractivity contribution is 0.547. The van der Waals surface area contributed by atoms with Crippen molar-refractivity contribution in [3.63, 3.8) is 0 Å². The minimum atomic E-state index is 0.428.